The molecular formula is C26H27N5O2S. The van der Waals surface area contributed by atoms with Crippen LogP contribution in [0.1, 0.15) is 17.6 Å². The first-order valence-corrected chi connectivity index (χ1v) is 12.4. The Bertz CT molecular complexity index is 1270. The van der Waals surface area contributed by atoms with E-state index in [0.29, 0.717) is 6.54 Å². The maximum Gasteiger partial charge on any atom is 0.226 e. The topological polar surface area (TPSA) is 80.2 Å². The highest BCUT2D eigenvalue weighted by molar-refractivity contribution is 7.19. The van der Waals surface area contributed by atoms with E-state index in [4.69, 9.17) is 14.7 Å². The van der Waals surface area contributed by atoms with E-state index in [0.717, 1.165) is 76.2 Å². The molecule has 0 saturated carbocycles. The van der Waals surface area contributed by atoms with Crippen molar-refractivity contribution in [3.63, 3.8) is 0 Å². The average Bonchev–Trinajstić information content (AvgIpc) is 3.27. The van der Waals surface area contributed by atoms with Gasteiger partial charge in [0, 0.05) is 49.7 Å². The predicted octanol–water partition coefficient (Wildman–Crippen LogP) is 3.93. The fourth-order valence-electron chi connectivity index (χ4n) is 4.11. The summed E-state index contributed by atoms with van der Waals surface area (Å²) in [7, 11) is 0. The average molecular weight is 474 g/mol. The van der Waals surface area contributed by atoms with Gasteiger partial charge in [-0.3, -0.25) is 19.7 Å². The maximum absolute atomic E-state index is 12.1. The van der Waals surface area contributed by atoms with Crippen molar-refractivity contribution in [2.24, 2.45) is 0 Å². The van der Waals surface area contributed by atoms with Crippen molar-refractivity contribution < 1.29 is 9.53 Å². The minimum atomic E-state index is -0.0128. The third kappa shape index (κ3) is 5.14. The van der Waals surface area contributed by atoms with Gasteiger partial charge in [0.05, 0.1) is 41.2 Å². The normalized spacial score (nSPS) is 14.4. The molecule has 0 spiro atoms. The molecule has 0 radical (unpaired) electrons. The number of nitrogens with zero attached hydrogens (tertiary/aromatic N) is 4. The Morgan fingerprint density at radius 1 is 1.12 bits per heavy atom. The van der Waals surface area contributed by atoms with Crippen LogP contribution in [0.15, 0.2) is 54.9 Å². The molecule has 34 heavy (non-hydrogen) atoms. The molecule has 174 valence electrons. The number of rotatable bonds is 7. The van der Waals surface area contributed by atoms with E-state index in [2.05, 4.69) is 39.5 Å². The highest BCUT2D eigenvalue weighted by Gasteiger charge is 2.16. The molecule has 0 atom stereocenters. The molecule has 1 aliphatic heterocycles. The molecule has 0 bridgehead atoms. The number of carbonyl (C=O) groups is 1. The molecule has 1 aromatic carbocycles. The second-order valence-electron chi connectivity index (χ2n) is 8.25. The van der Waals surface area contributed by atoms with Gasteiger partial charge in [-0.1, -0.05) is 12.1 Å². The van der Waals surface area contributed by atoms with Crippen molar-refractivity contribution in [3.8, 4) is 22.4 Å². The van der Waals surface area contributed by atoms with Crippen LogP contribution in [0.25, 0.3) is 32.6 Å². The first kappa shape index (κ1) is 22.6. The van der Waals surface area contributed by atoms with Gasteiger partial charge in [0.2, 0.25) is 5.91 Å². The number of ether oxygens (including phenoxy) is 1. The fraction of sp³-hybridized carbons (Fsp3) is 0.308. The first-order valence-electron chi connectivity index (χ1n) is 11.6. The van der Waals surface area contributed by atoms with Crippen molar-refractivity contribution in [1.29, 1.82) is 0 Å². The van der Waals surface area contributed by atoms with Crippen LogP contribution in [0, 0.1) is 0 Å². The van der Waals surface area contributed by atoms with Gasteiger partial charge in [-0.2, -0.15) is 0 Å². The highest BCUT2D eigenvalue weighted by atomic mass is 32.1. The smallest absolute Gasteiger partial charge is 0.226 e. The Morgan fingerprint density at radius 2 is 2.00 bits per heavy atom. The Morgan fingerprint density at radius 3 is 2.74 bits per heavy atom. The number of aromatic nitrogens is 3. The van der Waals surface area contributed by atoms with Gasteiger partial charge in [0.1, 0.15) is 5.01 Å². The van der Waals surface area contributed by atoms with Crippen molar-refractivity contribution >= 4 is 27.5 Å². The fourth-order valence-corrected chi connectivity index (χ4v) is 5.17. The van der Waals surface area contributed by atoms with Gasteiger partial charge < -0.3 is 10.1 Å². The van der Waals surface area contributed by atoms with Crippen molar-refractivity contribution in [1.82, 2.24) is 25.2 Å². The summed E-state index contributed by atoms with van der Waals surface area (Å²) in [5.41, 5.74) is 5.90. The zero-order valence-corrected chi connectivity index (χ0v) is 20.0. The van der Waals surface area contributed by atoms with Crippen LogP contribution < -0.4 is 5.32 Å². The number of nitrogens with one attached hydrogen (secondary N) is 1. The van der Waals surface area contributed by atoms with Crippen LogP contribution in [0.5, 0.6) is 0 Å². The molecule has 1 saturated heterocycles. The molecule has 0 unspecified atom stereocenters. The van der Waals surface area contributed by atoms with Gasteiger partial charge >= 0.3 is 0 Å². The number of thiazole rings is 1. The van der Waals surface area contributed by atoms with Crippen LogP contribution in [0.3, 0.4) is 0 Å². The number of fused-ring (bicyclic) bond motifs is 1. The number of morpholine rings is 1. The largest absolute Gasteiger partial charge is 0.379 e. The summed E-state index contributed by atoms with van der Waals surface area (Å²) in [5.74, 6) is -0.0128. The Balaban J connectivity index is 1.48. The molecule has 7 nitrogen and oxygen atoms in total. The quantitative estimate of drug-likeness (QED) is 0.438. The molecule has 3 aromatic heterocycles. The third-order valence-corrected chi connectivity index (χ3v) is 6.91. The van der Waals surface area contributed by atoms with Crippen LogP contribution in [0.4, 0.5) is 0 Å². The van der Waals surface area contributed by atoms with E-state index in [9.17, 15) is 4.79 Å². The minimum absolute atomic E-state index is 0.0128. The monoisotopic (exact) mass is 473 g/mol. The van der Waals surface area contributed by atoms with Crippen molar-refractivity contribution in [2.45, 2.75) is 19.9 Å². The predicted molar refractivity (Wildman–Crippen MR) is 135 cm³/mol. The Labute approximate surface area is 202 Å². The minimum Gasteiger partial charge on any atom is -0.379 e. The molecule has 1 amide bonds. The van der Waals surface area contributed by atoms with E-state index >= 15 is 0 Å². The van der Waals surface area contributed by atoms with E-state index in [1.54, 1.807) is 17.5 Å². The summed E-state index contributed by atoms with van der Waals surface area (Å²) < 4.78 is 6.48. The molecule has 1 N–H and O–H groups in total. The van der Waals surface area contributed by atoms with E-state index in [1.807, 2.05) is 31.3 Å². The van der Waals surface area contributed by atoms with Crippen LogP contribution in [-0.4, -0.2) is 58.6 Å². The van der Waals surface area contributed by atoms with Gasteiger partial charge in [-0.15, -0.1) is 11.3 Å². The lowest BCUT2D eigenvalue weighted by Gasteiger charge is -2.26. The van der Waals surface area contributed by atoms with Crippen LogP contribution in [0.2, 0.25) is 0 Å². The number of carbonyl (C=O) groups excluding carboxylic acids is 1. The lowest BCUT2D eigenvalue weighted by Crippen LogP contribution is -2.35. The van der Waals surface area contributed by atoms with Gasteiger partial charge in [-0.05, 0) is 42.8 Å². The summed E-state index contributed by atoms with van der Waals surface area (Å²) >= 11 is 1.56. The maximum atomic E-state index is 12.1. The SMILES string of the molecule is CCNC(=O)Cc1nc2cc(-c3ccc(CN4CCOCC4)nc3)cc(-c3ccccn3)c2s1. The van der Waals surface area contributed by atoms with E-state index in [-0.39, 0.29) is 12.3 Å². The molecule has 1 aliphatic rings. The number of pyridine rings is 2. The molecule has 5 rings (SSSR count). The Hall–Kier alpha value is -3.20. The Kier molecular flexibility index (Phi) is 6.89. The second-order valence-corrected chi connectivity index (χ2v) is 9.34. The summed E-state index contributed by atoms with van der Waals surface area (Å²) in [6.45, 7) is 6.81. The molecule has 4 aromatic rings. The molecule has 4 heterocycles. The van der Waals surface area contributed by atoms with E-state index < -0.39 is 0 Å². The molecule has 0 aliphatic carbocycles. The lowest BCUT2D eigenvalue weighted by molar-refractivity contribution is -0.120. The molecule has 8 heteroatoms. The summed E-state index contributed by atoms with van der Waals surface area (Å²) in [4.78, 5) is 28.6. The zero-order valence-electron chi connectivity index (χ0n) is 19.2. The van der Waals surface area contributed by atoms with Gasteiger partial charge in [0.15, 0.2) is 0 Å². The third-order valence-electron chi connectivity index (χ3n) is 5.81. The summed E-state index contributed by atoms with van der Waals surface area (Å²) in [6.07, 6.45) is 4.01. The van der Waals surface area contributed by atoms with Crippen LogP contribution in [-0.2, 0) is 22.5 Å². The lowest BCUT2D eigenvalue weighted by atomic mass is 10.0. The van der Waals surface area contributed by atoms with Crippen LogP contribution >= 0.6 is 11.3 Å². The first-order chi connectivity index (χ1) is 16.7. The van der Waals surface area contributed by atoms with Crippen molar-refractivity contribution in [3.05, 3.63) is 65.6 Å². The van der Waals surface area contributed by atoms with Gasteiger partial charge in [0.25, 0.3) is 0 Å². The molecule has 1 fully saturated rings. The number of amides is 1. The number of likely N-dealkylation sites (N-methyl/N-ethyl adjacent to an activating group) is 1. The molecular weight excluding hydrogens is 446 g/mol. The van der Waals surface area contributed by atoms with Crippen molar-refractivity contribution in [2.75, 3.05) is 32.8 Å². The number of hydrogen-bond acceptors (Lipinski definition) is 7. The summed E-state index contributed by atoms with van der Waals surface area (Å²) in [5, 5.41) is 3.65. The number of hydrogen-bond donors (Lipinski definition) is 1. The summed E-state index contributed by atoms with van der Waals surface area (Å²) in [6, 6.07) is 14.3. The number of benzene rings is 1. The standard InChI is InChI=1S/C26H27N5O2S/c1-2-27-24(32)15-25-30-23-14-19(13-21(26(23)34-25)22-5-3-4-8-28-22)18-6-7-20(29-16-18)17-31-9-11-33-12-10-31/h3-8,13-14,16H,2,9-12,15,17H2,1H3,(H,27,32). The van der Waals surface area contributed by atoms with Gasteiger partial charge in [-0.25, -0.2) is 4.98 Å². The highest BCUT2D eigenvalue weighted by Crippen LogP contribution is 2.36. The van der Waals surface area contributed by atoms with E-state index in [1.165, 1.54) is 0 Å². The second kappa shape index (κ2) is 10.4. The zero-order chi connectivity index (χ0) is 23.3.